The number of rotatable bonds is 2. The molecule has 2 aromatic heterocycles. The van der Waals surface area contributed by atoms with Crippen LogP contribution in [0.2, 0.25) is 0 Å². The highest BCUT2D eigenvalue weighted by Gasteiger charge is 2.22. The lowest BCUT2D eigenvalue weighted by atomic mass is 10.3. The minimum absolute atomic E-state index is 0.191. The fourth-order valence-electron chi connectivity index (χ4n) is 2.53. The molecular formula is C13H18N4O2S2. The highest BCUT2D eigenvalue weighted by atomic mass is 32.2. The largest absolute Gasteiger partial charge is 0.357 e. The monoisotopic (exact) mass is 326 g/mol. The molecule has 1 aliphatic heterocycles. The molecule has 1 N–H and O–H groups in total. The van der Waals surface area contributed by atoms with E-state index in [2.05, 4.69) is 26.3 Å². The molecule has 0 aromatic carbocycles. The zero-order valence-corrected chi connectivity index (χ0v) is 13.7. The van der Waals surface area contributed by atoms with E-state index < -0.39 is 9.84 Å². The van der Waals surface area contributed by atoms with Crippen LogP contribution < -0.4 is 10.2 Å². The van der Waals surface area contributed by atoms with E-state index in [1.807, 2.05) is 6.92 Å². The van der Waals surface area contributed by atoms with Crippen LogP contribution in [0.25, 0.3) is 10.2 Å². The molecule has 8 heteroatoms. The van der Waals surface area contributed by atoms with Gasteiger partial charge in [-0.1, -0.05) is 0 Å². The van der Waals surface area contributed by atoms with Crippen LogP contribution in [0.1, 0.15) is 11.3 Å². The summed E-state index contributed by atoms with van der Waals surface area (Å²) in [6, 6.07) is 2.08. The van der Waals surface area contributed by atoms with Crippen LogP contribution in [-0.2, 0) is 9.84 Å². The van der Waals surface area contributed by atoms with Crippen LogP contribution in [0.3, 0.4) is 0 Å². The van der Waals surface area contributed by atoms with Crippen molar-refractivity contribution in [2.24, 2.45) is 0 Å². The van der Waals surface area contributed by atoms with Gasteiger partial charge in [0.2, 0.25) is 5.95 Å². The van der Waals surface area contributed by atoms with Crippen LogP contribution in [0, 0.1) is 6.92 Å². The van der Waals surface area contributed by atoms with E-state index in [9.17, 15) is 8.42 Å². The Morgan fingerprint density at radius 1 is 1.29 bits per heavy atom. The molecule has 0 aliphatic carbocycles. The van der Waals surface area contributed by atoms with Gasteiger partial charge in [-0.2, -0.15) is 4.98 Å². The predicted octanol–water partition coefficient (Wildman–Crippen LogP) is 1.67. The summed E-state index contributed by atoms with van der Waals surface area (Å²) in [5, 5.41) is 3.99. The van der Waals surface area contributed by atoms with Crippen LogP contribution in [0.5, 0.6) is 0 Å². The molecule has 3 heterocycles. The fraction of sp³-hybridized carbons (Fsp3) is 0.538. The Kier molecular flexibility index (Phi) is 3.75. The number of hydrogen-bond acceptors (Lipinski definition) is 7. The molecule has 2 aromatic rings. The van der Waals surface area contributed by atoms with E-state index in [1.54, 1.807) is 18.4 Å². The van der Waals surface area contributed by atoms with Gasteiger partial charge >= 0.3 is 0 Å². The van der Waals surface area contributed by atoms with Gasteiger partial charge in [-0.25, -0.2) is 13.4 Å². The van der Waals surface area contributed by atoms with Crippen molar-refractivity contribution in [1.29, 1.82) is 0 Å². The molecule has 0 unspecified atom stereocenters. The van der Waals surface area contributed by atoms with E-state index in [-0.39, 0.29) is 11.5 Å². The smallest absolute Gasteiger partial charge is 0.225 e. The Balaban J connectivity index is 2.06. The second-order valence-electron chi connectivity index (χ2n) is 5.19. The van der Waals surface area contributed by atoms with Gasteiger partial charge in [-0.3, -0.25) is 0 Å². The van der Waals surface area contributed by atoms with Gasteiger partial charge in [0.05, 0.1) is 16.9 Å². The topological polar surface area (TPSA) is 75.2 Å². The average Bonchev–Trinajstić information content (AvgIpc) is 2.71. The third kappa shape index (κ3) is 2.96. The maximum atomic E-state index is 11.8. The molecule has 0 radical (unpaired) electrons. The lowest BCUT2D eigenvalue weighted by molar-refractivity contribution is 0.597. The van der Waals surface area contributed by atoms with Gasteiger partial charge in [-0.05, 0) is 19.4 Å². The molecule has 3 rings (SSSR count). The quantitative estimate of drug-likeness (QED) is 0.905. The van der Waals surface area contributed by atoms with Gasteiger partial charge < -0.3 is 10.2 Å². The number of aromatic nitrogens is 2. The Hall–Kier alpha value is -1.41. The fourth-order valence-corrected chi connectivity index (χ4v) is 4.68. The highest BCUT2D eigenvalue weighted by molar-refractivity contribution is 7.91. The molecule has 0 bridgehead atoms. The molecule has 0 saturated carbocycles. The van der Waals surface area contributed by atoms with Crippen molar-refractivity contribution < 1.29 is 8.42 Å². The van der Waals surface area contributed by atoms with E-state index in [0.717, 1.165) is 16.0 Å². The number of aryl methyl sites for hydroxylation is 1. The summed E-state index contributed by atoms with van der Waals surface area (Å²) in [6.45, 7) is 3.25. The average molecular weight is 326 g/mol. The third-order valence-corrected chi connectivity index (χ3v) is 6.23. The molecule has 114 valence electrons. The first kappa shape index (κ1) is 14.5. The molecule has 1 fully saturated rings. The number of sulfone groups is 1. The van der Waals surface area contributed by atoms with E-state index in [1.165, 1.54) is 4.88 Å². The number of nitrogens with one attached hydrogen (secondary N) is 1. The number of fused-ring (bicyclic) bond motifs is 1. The van der Waals surface area contributed by atoms with E-state index >= 15 is 0 Å². The van der Waals surface area contributed by atoms with Crippen molar-refractivity contribution in [3.8, 4) is 0 Å². The highest BCUT2D eigenvalue weighted by Crippen LogP contribution is 2.32. The van der Waals surface area contributed by atoms with Crippen LogP contribution in [-0.4, -0.2) is 50.0 Å². The third-order valence-electron chi connectivity index (χ3n) is 3.57. The molecule has 1 saturated heterocycles. The summed E-state index contributed by atoms with van der Waals surface area (Å²) < 4.78 is 23.5. The maximum Gasteiger partial charge on any atom is 0.225 e. The summed E-state index contributed by atoms with van der Waals surface area (Å²) in [5.41, 5.74) is 0. The molecule has 0 amide bonds. The first-order chi connectivity index (χ1) is 9.98. The zero-order chi connectivity index (χ0) is 15.0. The second kappa shape index (κ2) is 5.42. The summed E-state index contributed by atoms with van der Waals surface area (Å²) >= 11 is 1.63. The number of thiophene rings is 1. The summed E-state index contributed by atoms with van der Waals surface area (Å²) in [6.07, 6.45) is 0.645. The summed E-state index contributed by atoms with van der Waals surface area (Å²) in [7, 11) is -1.13. The van der Waals surface area contributed by atoms with Crippen molar-refractivity contribution in [1.82, 2.24) is 9.97 Å². The van der Waals surface area contributed by atoms with Crippen molar-refractivity contribution >= 4 is 43.2 Å². The van der Waals surface area contributed by atoms with Crippen molar-refractivity contribution in [2.45, 2.75) is 13.3 Å². The summed E-state index contributed by atoms with van der Waals surface area (Å²) in [4.78, 5) is 13.2. The standard InChI is InChI=1S/C13H18N4O2S2/c1-9-8-10-11(15-13(14-2)16-12(10)20-9)17-4-3-6-21(18,19)7-5-17/h8H,3-7H2,1-2H3,(H,14,15,16). The van der Waals surface area contributed by atoms with Gasteiger partial charge in [0.25, 0.3) is 0 Å². The van der Waals surface area contributed by atoms with Crippen LogP contribution in [0.4, 0.5) is 11.8 Å². The number of nitrogens with zero attached hydrogens (tertiary/aromatic N) is 3. The SMILES string of the molecule is CNc1nc(N2CCCS(=O)(=O)CC2)c2cc(C)sc2n1. The Morgan fingerprint density at radius 2 is 2.10 bits per heavy atom. The first-order valence-corrected chi connectivity index (χ1v) is 9.53. The Bertz CT molecular complexity index is 770. The zero-order valence-electron chi connectivity index (χ0n) is 12.1. The van der Waals surface area contributed by atoms with Crippen LogP contribution >= 0.6 is 11.3 Å². The lowest BCUT2D eigenvalue weighted by Crippen LogP contribution is -2.28. The first-order valence-electron chi connectivity index (χ1n) is 6.90. The normalized spacial score (nSPS) is 18.7. The Labute approximate surface area is 128 Å². The molecular weight excluding hydrogens is 308 g/mol. The maximum absolute atomic E-state index is 11.8. The molecule has 0 atom stereocenters. The van der Waals surface area contributed by atoms with Crippen molar-refractivity contribution in [3.63, 3.8) is 0 Å². The van der Waals surface area contributed by atoms with E-state index in [0.29, 0.717) is 25.5 Å². The molecule has 21 heavy (non-hydrogen) atoms. The molecule has 6 nitrogen and oxygen atoms in total. The van der Waals surface area contributed by atoms with Gasteiger partial charge in [-0.15, -0.1) is 11.3 Å². The predicted molar refractivity (Wildman–Crippen MR) is 87.2 cm³/mol. The summed E-state index contributed by atoms with van der Waals surface area (Å²) in [5.74, 6) is 1.87. The number of hydrogen-bond donors (Lipinski definition) is 1. The molecule has 0 spiro atoms. The van der Waals surface area contributed by atoms with Gasteiger partial charge in [0.15, 0.2) is 9.84 Å². The lowest BCUT2D eigenvalue weighted by Gasteiger charge is -2.22. The minimum atomic E-state index is -2.92. The number of anilines is 2. The van der Waals surface area contributed by atoms with Crippen molar-refractivity contribution in [2.75, 3.05) is 41.9 Å². The van der Waals surface area contributed by atoms with Gasteiger partial charge in [0.1, 0.15) is 10.6 Å². The van der Waals surface area contributed by atoms with Crippen molar-refractivity contribution in [3.05, 3.63) is 10.9 Å². The van der Waals surface area contributed by atoms with E-state index in [4.69, 9.17) is 0 Å². The van der Waals surface area contributed by atoms with Gasteiger partial charge in [0, 0.05) is 25.0 Å². The minimum Gasteiger partial charge on any atom is -0.357 e. The van der Waals surface area contributed by atoms with Crippen LogP contribution in [0.15, 0.2) is 6.07 Å². The Morgan fingerprint density at radius 3 is 2.86 bits per heavy atom. The second-order valence-corrected chi connectivity index (χ2v) is 8.73. The molecule has 1 aliphatic rings.